The van der Waals surface area contributed by atoms with Crippen LogP contribution in [-0.2, 0) is 24.3 Å². The lowest BCUT2D eigenvalue weighted by Crippen LogP contribution is -2.31. The van der Waals surface area contributed by atoms with Crippen LogP contribution in [0.15, 0.2) is 18.2 Å². The van der Waals surface area contributed by atoms with Crippen molar-refractivity contribution in [2.24, 2.45) is 5.92 Å². The average Bonchev–Trinajstić information content (AvgIpc) is 2.91. The maximum atomic E-state index is 14.0. The van der Waals surface area contributed by atoms with Crippen molar-refractivity contribution >= 4 is 5.91 Å². The van der Waals surface area contributed by atoms with Gasteiger partial charge in [0.05, 0.1) is 6.04 Å². The van der Waals surface area contributed by atoms with E-state index in [1.54, 1.807) is 0 Å². The molecule has 2 aromatic rings. The predicted octanol–water partition coefficient (Wildman–Crippen LogP) is 2.84. The minimum absolute atomic E-state index is 0.0938. The van der Waals surface area contributed by atoms with E-state index in [9.17, 15) is 13.6 Å². The Morgan fingerprint density at radius 1 is 1.18 bits per heavy atom. The van der Waals surface area contributed by atoms with Crippen molar-refractivity contribution in [2.45, 2.75) is 52.7 Å². The van der Waals surface area contributed by atoms with E-state index in [0.717, 1.165) is 18.1 Å². The van der Waals surface area contributed by atoms with Gasteiger partial charge in [-0.2, -0.15) is 0 Å². The maximum Gasteiger partial charge on any atom is 0.217 e. The monoisotopic (exact) mass is 391 g/mol. The van der Waals surface area contributed by atoms with E-state index in [1.165, 1.54) is 25.1 Å². The van der Waals surface area contributed by atoms with Gasteiger partial charge in [0.25, 0.3) is 0 Å². The summed E-state index contributed by atoms with van der Waals surface area (Å²) in [6.07, 6.45) is 1.40. The molecule has 0 bridgehead atoms. The second kappa shape index (κ2) is 8.77. The summed E-state index contributed by atoms with van der Waals surface area (Å²) in [4.78, 5) is 13.7. The lowest BCUT2D eigenvalue weighted by molar-refractivity contribution is -0.119. The van der Waals surface area contributed by atoms with Crippen LogP contribution in [0.25, 0.3) is 0 Å². The van der Waals surface area contributed by atoms with Crippen LogP contribution in [0.3, 0.4) is 0 Å². The zero-order chi connectivity index (χ0) is 20.3. The van der Waals surface area contributed by atoms with Crippen molar-refractivity contribution in [2.75, 3.05) is 13.1 Å². The summed E-state index contributed by atoms with van der Waals surface area (Å²) in [5, 5.41) is 11.6. The van der Waals surface area contributed by atoms with E-state index in [2.05, 4.69) is 29.4 Å². The van der Waals surface area contributed by atoms with Crippen LogP contribution in [0.2, 0.25) is 0 Å². The number of carbonyl (C=O) groups excluding carboxylic acids is 1. The SMILES string of the molecule is CC(=O)N[C@@H](CC(C)C)c1nnc2n1CCN(Cc1c(F)cccc1F)CC2. The quantitative estimate of drug-likeness (QED) is 0.823. The first kappa shape index (κ1) is 20.4. The molecular weight excluding hydrogens is 364 g/mol. The highest BCUT2D eigenvalue weighted by Crippen LogP contribution is 2.23. The molecular formula is C20H27F2N5O. The number of aromatic nitrogens is 3. The number of amides is 1. The second-order valence-electron chi connectivity index (χ2n) is 7.74. The van der Waals surface area contributed by atoms with Crippen molar-refractivity contribution < 1.29 is 13.6 Å². The molecule has 0 fully saturated rings. The lowest BCUT2D eigenvalue weighted by Gasteiger charge is -2.22. The molecule has 2 heterocycles. The topological polar surface area (TPSA) is 63.1 Å². The molecule has 1 aromatic carbocycles. The highest BCUT2D eigenvalue weighted by molar-refractivity contribution is 5.73. The molecule has 28 heavy (non-hydrogen) atoms. The van der Waals surface area contributed by atoms with Gasteiger partial charge in [-0.25, -0.2) is 8.78 Å². The third-order valence-corrected chi connectivity index (χ3v) is 4.99. The summed E-state index contributed by atoms with van der Waals surface area (Å²) >= 11 is 0. The molecule has 1 aromatic heterocycles. The highest BCUT2D eigenvalue weighted by atomic mass is 19.1. The van der Waals surface area contributed by atoms with Crippen LogP contribution in [0.4, 0.5) is 8.78 Å². The number of carbonyl (C=O) groups is 1. The van der Waals surface area contributed by atoms with Crippen molar-refractivity contribution in [3.63, 3.8) is 0 Å². The molecule has 0 spiro atoms. The first-order valence-electron chi connectivity index (χ1n) is 9.69. The Kier molecular flexibility index (Phi) is 6.39. The fraction of sp³-hybridized carbons (Fsp3) is 0.550. The smallest absolute Gasteiger partial charge is 0.217 e. The summed E-state index contributed by atoms with van der Waals surface area (Å²) in [5.41, 5.74) is 0.0938. The Bertz CT molecular complexity index is 816. The minimum atomic E-state index is -0.521. The van der Waals surface area contributed by atoms with Crippen LogP contribution in [0.1, 0.15) is 50.4 Å². The van der Waals surface area contributed by atoms with E-state index in [-0.39, 0.29) is 24.1 Å². The van der Waals surface area contributed by atoms with Crippen LogP contribution in [0, 0.1) is 17.6 Å². The minimum Gasteiger partial charge on any atom is -0.346 e. The zero-order valence-corrected chi connectivity index (χ0v) is 16.6. The Morgan fingerprint density at radius 2 is 1.89 bits per heavy atom. The molecule has 0 unspecified atom stereocenters. The molecule has 152 valence electrons. The van der Waals surface area contributed by atoms with Gasteiger partial charge in [0.15, 0.2) is 5.82 Å². The van der Waals surface area contributed by atoms with E-state index in [4.69, 9.17) is 0 Å². The number of nitrogens with zero attached hydrogens (tertiary/aromatic N) is 4. The van der Waals surface area contributed by atoms with E-state index in [0.29, 0.717) is 32.0 Å². The molecule has 1 aliphatic rings. The summed E-state index contributed by atoms with van der Waals surface area (Å²) < 4.78 is 30.0. The lowest BCUT2D eigenvalue weighted by atomic mass is 10.0. The molecule has 0 saturated heterocycles. The molecule has 1 amide bonds. The van der Waals surface area contributed by atoms with Crippen LogP contribution < -0.4 is 5.32 Å². The molecule has 0 saturated carbocycles. The molecule has 8 heteroatoms. The highest BCUT2D eigenvalue weighted by Gasteiger charge is 2.26. The zero-order valence-electron chi connectivity index (χ0n) is 16.6. The standard InChI is InChI=1S/C20H27F2N5O/c1-13(2)11-18(23-14(3)28)20-25-24-19-7-8-26(9-10-27(19)20)12-15-16(21)5-4-6-17(15)22/h4-6,13,18H,7-12H2,1-3H3,(H,23,28)/t18-/m0/s1. The number of rotatable bonds is 6. The van der Waals surface area contributed by atoms with Crippen LogP contribution >= 0.6 is 0 Å². The predicted molar refractivity (Wildman–Crippen MR) is 101 cm³/mol. The van der Waals surface area contributed by atoms with Crippen molar-refractivity contribution in [1.82, 2.24) is 25.0 Å². The van der Waals surface area contributed by atoms with Crippen molar-refractivity contribution in [1.29, 1.82) is 0 Å². The summed E-state index contributed by atoms with van der Waals surface area (Å²) in [6, 6.07) is 3.75. The molecule has 1 aliphatic heterocycles. The third kappa shape index (κ3) is 4.73. The Hall–Kier alpha value is -2.35. The normalized spacial score (nSPS) is 15.9. The molecule has 3 rings (SSSR count). The van der Waals surface area contributed by atoms with Gasteiger partial charge in [-0.15, -0.1) is 10.2 Å². The Labute approximate surface area is 163 Å². The van der Waals surface area contributed by atoms with Gasteiger partial charge in [-0.1, -0.05) is 19.9 Å². The second-order valence-corrected chi connectivity index (χ2v) is 7.74. The average molecular weight is 391 g/mol. The number of halogens is 2. The number of hydrogen-bond donors (Lipinski definition) is 1. The molecule has 0 radical (unpaired) electrons. The number of benzene rings is 1. The summed E-state index contributed by atoms with van der Waals surface area (Å²) in [5.74, 6) is 0.826. The van der Waals surface area contributed by atoms with Crippen LogP contribution in [-0.4, -0.2) is 38.7 Å². The van der Waals surface area contributed by atoms with Crippen LogP contribution in [0.5, 0.6) is 0 Å². The number of hydrogen-bond acceptors (Lipinski definition) is 4. The molecule has 6 nitrogen and oxygen atoms in total. The Morgan fingerprint density at radius 3 is 2.54 bits per heavy atom. The van der Waals surface area contributed by atoms with Crippen molar-refractivity contribution in [3.05, 3.63) is 47.0 Å². The van der Waals surface area contributed by atoms with E-state index >= 15 is 0 Å². The van der Waals surface area contributed by atoms with Gasteiger partial charge in [0, 0.05) is 45.1 Å². The number of fused-ring (bicyclic) bond motifs is 1. The van der Waals surface area contributed by atoms with Gasteiger partial charge >= 0.3 is 0 Å². The van der Waals surface area contributed by atoms with Gasteiger partial charge in [-0.3, -0.25) is 9.69 Å². The van der Waals surface area contributed by atoms with Gasteiger partial charge < -0.3 is 9.88 Å². The van der Waals surface area contributed by atoms with E-state index < -0.39 is 11.6 Å². The summed E-state index contributed by atoms with van der Waals surface area (Å²) in [7, 11) is 0. The van der Waals surface area contributed by atoms with Gasteiger partial charge in [0.2, 0.25) is 5.91 Å². The first-order valence-corrected chi connectivity index (χ1v) is 9.69. The molecule has 1 N–H and O–H groups in total. The summed E-state index contributed by atoms with van der Waals surface area (Å²) in [6.45, 7) is 7.78. The fourth-order valence-corrected chi connectivity index (χ4v) is 3.66. The Balaban J connectivity index is 1.76. The van der Waals surface area contributed by atoms with Gasteiger partial charge in [-0.05, 0) is 24.5 Å². The third-order valence-electron chi connectivity index (χ3n) is 4.99. The molecule has 0 aliphatic carbocycles. The van der Waals surface area contributed by atoms with Gasteiger partial charge in [0.1, 0.15) is 17.5 Å². The maximum absolute atomic E-state index is 14.0. The fourth-order valence-electron chi connectivity index (χ4n) is 3.66. The van der Waals surface area contributed by atoms with E-state index in [1.807, 2.05) is 9.47 Å². The largest absolute Gasteiger partial charge is 0.346 e. The first-order chi connectivity index (χ1) is 13.3. The van der Waals surface area contributed by atoms with Crippen molar-refractivity contribution in [3.8, 4) is 0 Å². The number of nitrogens with one attached hydrogen (secondary N) is 1. The molecule has 1 atom stereocenters.